The topological polar surface area (TPSA) is 66.5 Å². The van der Waals surface area contributed by atoms with E-state index in [1.54, 1.807) is 18.2 Å². The largest absolute Gasteiger partial charge is 0.335 e. The van der Waals surface area contributed by atoms with E-state index in [0.717, 1.165) is 9.37 Å². The molecule has 1 N–H and O–H groups in total. The molecule has 0 bridgehead atoms. The average Bonchev–Trinajstić information content (AvgIpc) is 2.19. The zero-order valence-corrected chi connectivity index (χ0v) is 11.5. The molecule has 5 nitrogen and oxygen atoms in total. The number of rotatable bonds is 1. The molecule has 1 aliphatic heterocycles. The zero-order chi connectivity index (χ0) is 12.6. The van der Waals surface area contributed by atoms with Crippen molar-refractivity contribution in [1.82, 2.24) is 5.32 Å². The first-order chi connectivity index (χ1) is 7.99. The third-order valence-corrected chi connectivity index (χ3v) is 3.29. The minimum absolute atomic E-state index is 0.325. The van der Waals surface area contributed by atoms with Crippen molar-refractivity contribution in [2.75, 3.05) is 4.90 Å². The maximum Gasteiger partial charge on any atom is 0.335 e. The lowest BCUT2D eigenvalue weighted by Gasteiger charge is -2.25. The lowest BCUT2D eigenvalue weighted by atomic mass is 10.2. The van der Waals surface area contributed by atoms with Crippen molar-refractivity contribution in [3.05, 3.63) is 27.1 Å². The van der Waals surface area contributed by atoms with E-state index in [4.69, 9.17) is 0 Å². The molecular weight excluding hydrogens is 356 g/mol. The zero-order valence-electron chi connectivity index (χ0n) is 8.37. The van der Waals surface area contributed by atoms with Gasteiger partial charge in [0.2, 0.25) is 11.8 Å². The number of benzene rings is 1. The predicted octanol–water partition coefficient (Wildman–Crippen LogP) is 2.18. The molecule has 1 fully saturated rings. The fourth-order valence-corrected chi connectivity index (χ4v) is 2.68. The number of carbonyl (C=O) groups excluding carboxylic acids is 3. The van der Waals surface area contributed by atoms with Crippen LogP contribution in [0.25, 0.3) is 0 Å². The number of imide groups is 2. The van der Waals surface area contributed by atoms with Crippen molar-refractivity contribution in [1.29, 1.82) is 0 Å². The van der Waals surface area contributed by atoms with Crippen LogP contribution in [0.4, 0.5) is 10.5 Å². The highest BCUT2D eigenvalue weighted by Crippen LogP contribution is 2.30. The first-order valence-corrected chi connectivity index (χ1v) is 6.19. The maximum atomic E-state index is 11.7. The molecular formula is C10H6Br2N2O3. The standard InChI is InChI=1S/C10H6Br2N2O3/c11-5-1-2-7(6(12)3-5)14-9(16)4-8(15)13-10(14)17/h1-3H,4H2,(H,13,15,17). The van der Waals surface area contributed by atoms with Crippen LogP contribution in [0.3, 0.4) is 0 Å². The summed E-state index contributed by atoms with van der Waals surface area (Å²) in [6.07, 6.45) is -0.325. The first-order valence-electron chi connectivity index (χ1n) is 4.61. The third-order valence-electron chi connectivity index (χ3n) is 2.16. The maximum absolute atomic E-state index is 11.7. The van der Waals surface area contributed by atoms with Gasteiger partial charge in [-0.2, -0.15) is 0 Å². The van der Waals surface area contributed by atoms with Crippen LogP contribution in [0.2, 0.25) is 0 Å². The van der Waals surface area contributed by atoms with Gasteiger partial charge in [-0.1, -0.05) is 15.9 Å². The summed E-state index contributed by atoms with van der Waals surface area (Å²) in [5, 5.41) is 2.09. The van der Waals surface area contributed by atoms with Crippen LogP contribution in [0, 0.1) is 0 Å². The monoisotopic (exact) mass is 360 g/mol. The van der Waals surface area contributed by atoms with Crippen LogP contribution in [0.15, 0.2) is 27.1 Å². The van der Waals surface area contributed by atoms with E-state index < -0.39 is 17.8 Å². The van der Waals surface area contributed by atoms with Crippen LogP contribution in [-0.2, 0) is 9.59 Å². The molecule has 88 valence electrons. The van der Waals surface area contributed by atoms with Crippen LogP contribution in [-0.4, -0.2) is 17.8 Å². The van der Waals surface area contributed by atoms with E-state index >= 15 is 0 Å². The number of carbonyl (C=O) groups is 3. The van der Waals surface area contributed by atoms with Crippen molar-refractivity contribution in [3.63, 3.8) is 0 Å². The third kappa shape index (κ3) is 2.39. The van der Waals surface area contributed by atoms with Crippen molar-refractivity contribution in [3.8, 4) is 0 Å². The summed E-state index contributed by atoms with van der Waals surface area (Å²) in [5.41, 5.74) is 0.406. The Morgan fingerprint density at radius 2 is 1.88 bits per heavy atom. The minimum Gasteiger partial charge on any atom is -0.277 e. The van der Waals surface area contributed by atoms with Gasteiger partial charge in [-0.15, -0.1) is 0 Å². The number of nitrogens with one attached hydrogen (secondary N) is 1. The first kappa shape index (κ1) is 12.3. The molecule has 1 saturated heterocycles. The number of anilines is 1. The van der Waals surface area contributed by atoms with Crippen LogP contribution >= 0.6 is 31.9 Å². The van der Waals surface area contributed by atoms with Crippen molar-refractivity contribution in [2.45, 2.75) is 6.42 Å². The Kier molecular flexibility index (Phi) is 3.30. The van der Waals surface area contributed by atoms with Crippen LogP contribution in [0.5, 0.6) is 0 Å². The molecule has 0 atom stereocenters. The second kappa shape index (κ2) is 4.58. The summed E-state index contributed by atoms with van der Waals surface area (Å²) in [4.78, 5) is 35.2. The molecule has 1 aromatic rings. The number of hydrogen-bond acceptors (Lipinski definition) is 3. The Hall–Kier alpha value is -1.21. The molecule has 0 aromatic heterocycles. The summed E-state index contributed by atoms with van der Waals surface area (Å²) in [5.74, 6) is -1.12. The Morgan fingerprint density at radius 3 is 2.47 bits per heavy atom. The number of barbiturate groups is 1. The highest BCUT2D eigenvalue weighted by molar-refractivity contribution is 9.11. The van der Waals surface area contributed by atoms with Gasteiger partial charge in [0.05, 0.1) is 5.69 Å². The molecule has 4 amide bonds. The molecule has 0 radical (unpaired) electrons. The number of hydrogen-bond donors (Lipinski definition) is 1. The van der Waals surface area contributed by atoms with Crippen molar-refractivity contribution in [2.24, 2.45) is 0 Å². The van der Waals surface area contributed by atoms with E-state index in [2.05, 4.69) is 37.2 Å². The second-order valence-electron chi connectivity index (χ2n) is 3.35. The molecule has 1 heterocycles. The minimum atomic E-state index is -0.728. The summed E-state index contributed by atoms with van der Waals surface area (Å²) in [6, 6.07) is 4.31. The molecule has 1 aromatic carbocycles. The summed E-state index contributed by atoms with van der Waals surface area (Å²) in [6.45, 7) is 0. The number of amides is 4. The molecule has 0 aliphatic carbocycles. The van der Waals surface area contributed by atoms with Gasteiger partial charge >= 0.3 is 6.03 Å². The summed E-state index contributed by atoms with van der Waals surface area (Å²) < 4.78 is 1.40. The molecule has 0 unspecified atom stereocenters. The van der Waals surface area contributed by atoms with E-state index in [1.807, 2.05) is 0 Å². The number of halogens is 2. The van der Waals surface area contributed by atoms with E-state index in [0.29, 0.717) is 10.2 Å². The van der Waals surface area contributed by atoms with Gasteiger partial charge in [-0.25, -0.2) is 9.69 Å². The Morgan fingerprint density at radius 1 is 1.18 bits per heavy atom. The van der Waals surface area contributed by atoms with Gasteiger partial charge in [0.15, 0.2) is 0 Å². The van der Waals surface area contributed by atoms with Gasteiger partial charge in [0.25, 0.3) is 0 Å². The second-order valence-corrected chi connectivity index (χ2v) is 5.13. The van der Waals surface area contributed by atoms with E-state index in [1.165, 1.54) is 0 Å². The molecule has 7 heteroatoms. The molecule has 17 heavy (non-hydrogen) atoms. The van der Waals surface area contributed by atoms with E-state index in [-0.39, 0.29) is 6.42 Å². The highest BCUT2D eigenvalue weighted by atomic mass is 79.9. The molecule has 0 spiro atoms. The van der Waals surface area contributed by atoms with Crippen molar-refractivity contribution < 1.29 is 14.4 Å². The Labute approximate surface area is 113 Å². The van der Waals surface area contributed by atoms with Crippen molar-refractivity contribution >= 4 is 55.4 Å². The Balaban J connectivity index is 2.42. The van der Waals surface area contributed by atoms with Gasteiger partial charge in [0.1, 0.15) is 6.42 Å². The average molecular weight is 362 g/mol. The lowest BCUT2D eigenvalue weighted by molar-refractivity contribution is -0.128. The number of urea groups is 1. The molecule has 1 aliphatic rings. The smallest absolute Gasteiger partial charge is 0.277 e. The van der Waals surface area contributed by atoms with Gasteiger partial charge in [-0.05, 0) is 34.1 Å². The van der Waals surface area contributed by atoms with Crippen LogP contribution in [0.1, 0.15) is 6.42 Å². The predicted molar refractivity (Wildman–Crippen MR) is 67.5 cm³/mol. The Bertz CT molecular complexity index is 510. The molecule has 0 saturated carbocycles. The summed E-state index contributed by atoms with van der Waals surface area (Å²) in [7, 11) is 0. The normalized spacial score (nSPS) is 16.1. The molecule has 2 rings (SSSR count). The fraction of sp³-hybridized carbons (Fsp3) is 0.100. The van der Waals surface area contributed by atoms with Crippen LogP contribution < -0.4 is 10.2 Å². The SMILES string of the molecule is O=C1CC(=O)N(c2ccc(Br)cc2Br)C(=O)N1. The van der Waals surface area contributed by atoms with Gasteiger partial charge in [0, 0.05) is 8.95 Å². The summed E-state index contributed by atoms with van der Waals surface area (Å²) >= 11 is 6.54. The van der Waals surface area contributed by atoms with Gasteiger partial charge in [-0.3, -0.25) is 14.9 Å². The fourth-order valence-electron chi connectivity index (χ4n) is 1.46. The lowest BCUT2D eigenvalue weighted by Crippen LogP contribution is -2.53. The highest BCUT2D eigenvalue weighted by Gasteiger charge is 2.32. The van der Waals surface area contributed by atoms with Gasteiger partial charge < -0.3 is 0 Å². The van der Waals surface area contributed by atoms with E-state index in [9.17, 15) is 14.4 Å². The quantitative estimate of drug-likeness (QED) is 0.779. The number of nitrogens with zero attached hydrogens (tertiary/aromatic N) is 1.